The van der Waals surface area contributed by atoms with E-state index in [0.29, 0.717) is 56.6 Å². The Morgan fingerprint density at radius 1 is 0.957 bits per heavy atom. The summed E-state index contributed by atoms with van der Waals surface area (Å²) in [6.45, 7) is 3.85. The monoisotopic (exact) mass is 319 g/mol. The number of piperidine rings is 1. The molecule has 3 aliphatic heterocycles. The van der Waals surface area contributed by atoms with E-state index in [-0.39, 0.29) is 5.91 Å². The van der Waals surface area contributed by atoms with Gasteiger partial charge in [0.15, 0.2) is 17.3 Å². The van der Waals surface area contributed by atoms with Gasteiger partial charge in [-0.2, -0.15) is 0 Å². The van der Waals surface area contributed by atoms with Crippen molar-refractivity contribution >= 4 is 5.91 Å². The number of amides is 1. The molecule has 1 aromatic rings. The number of carbonyl (C=O) groups is 1. The molecule has 124 valence electrons. The molecule has 3 aliphatic rings. The first-order valence-electron chi connectivity index (χ1n) is 8.23. The standard InChI is InChI=1S/C17H21NO5/c19-16(18-6-4-17(5-7-18)22-10-11-23-17)13-2-3-14-15(12-13)21-9-1-8-20-14/h2-3,12H,1,4-11H2. The lowest BCUT2D eigenvalue weighted by Crippen LogP contribution is -2.47. The van der Waals surface area contributed by atoms with Crippen molar-refractivity contribution in [3.63, 3.8) is 0 Å². The molecule has 0 aliphatic carbocycles. The highest BCUT2D eigenvalue weighted by Crippen LogP contribution is 2.33. The van der Waals surface area contributed by atoms with Crippen LogP contribution in [-0.4, -0.2) is 56.1 Å². The zero-order valence-electron chi connectivity index (χ0n) is 13.1. The van der Waals surface area contributed by atoms with Crippen LogP contribution in [0.15, 0.2) is 18.2 Å². The van der Waals surface area contributed by atoms with E-state index in [1.807, 2.05) is 17.0 Å². The van der Waals surface area contributed by atoms with Crippen LogP contribution < -0.4 is 9.47 Å². The maximum atomic E-state index is 12.7. The number of carbonyl (C=O) groups excluding carboxylic acids is 1. The minimum absolute atomic E-state index is 0.0218. The second kappa shape index (κ2) is 6.02. The van der Waals surface area contributed by atoms with Crippen molar-refractivity contribution in [2.24, 2.45) is 0 Å². The molecule has 0 N–H and O–H groups in total. The first-order valence-corrected chi connectivity index (χ1v) is 8.23. The van der Waals surface area contributed by atoms with E-state index in [9.17, 15) is 4.79 Å². The van der Waals surface area contributed by atoms with Gasteiger partial charge >= 0.3 is 0 Å². The van der Waals surface area contributed by atoms with Gasteiger partial charge in [-0.05, 0) is 18.2 Å². The Morgan fingerprint density at radius 3 is 2.39 bits per heavy atom. The van der Waals surface area contributed by atoms with Crippen LogP contribution in [-0.2, 0) is 9.47 Å². The van der Waals surface area contributed by atoms with Crippen molar-refractivity contribution in [3.05, 3.63) is 23.8 Å². The van der Waals surface area contributed by atoms with Crippen LogP contribution in [0.1, 0.15) is 29.6 Å². The van der Waals surface area contributed by atoms with E-state index >= 15 is 0 Å². The molecule has 6 nitrogen and oxygen atoms in total. The van der Waals surface area contributed by atoms with Gasteiger partial charge in [0.05, 0.1) is 26.4 Å². The third-order valence-electron chi connectivity index (χ3n) is 4.62. The van der Waals surface area contributed by atoms with E-state index in [1.165, 1.54) is 0 Å². The smallest absolute Gasteiger partial charge is 0.253 e. The van der Waals surface area contributed by atoms with Gasteiger partial charge in [0.2, 0.25) is 0 Å². The summed E-state index contributed by atoms with van der Waals surface area (Å²) in [7, 11) is 0. The Hall–Kier alpha value is -1.79. The maximum Gasteiger partial charge on any atom is 0.253 e. The molecule has 1 aromatic carbocycles. The van der Waals surface area contributed by atoms with Crippen molar-refractivity contribution in [2.45, 2.75) is 25.0 Å². The minimum atomic E-state index is -0.457. The fraction of sp³-hybridized carbons (Fsp3) is 0.588. The van der Waals surface area contributed by atoms with Gasteiger partial charge in [0.1, 0.15) is 0 Å². The van der Waals surface area contributed by atoms with Crippen LogP contribution in [0.25, 0.3) is 0 Å². The van der Waals surface area contributed by atoms with Crippen molar-refractivity contribution in [1.29, 1.82) is 0 Å². The highest BCUT2D eigenvalue weighted by atomic mass is 16.7. The zero-order valence-corrected chi connectivity index (χ0v) is 13.1. The normalized spacial score (nSPS) is 22.9. The summed E-state index contributed by atoms with van der Waals surface area (Å²) in [5.41, 5.74) is 0.637. The summed E-state index contributed by atoms with van der Waals surface area (Å²) in [5, 5.41) is 0. The number of benzene rings is 1. The molecule has 0 radical (unpaired) electrons. The summed E-state index contributed by atoms with van der Waals surface area (Å²) < 4.78 is 22.7. The Bertz CT molecular complexity index is 587. The fourth-order valence-electron chi connectivity index (χ4n) is 3.32. The lowest BCUT2D eigenvalue weighted by Gasteiger charge is -2.37. The quantitative estimate of drug-likeness (QED) is 0.790. The minimum Gasteiger partial charge on any atom is -0.490 e. The predicted octanol–water partition coefficient (Wildman–Crippen LogP) is 1.83. The summed E-state index contributed by atoms with van der Waals surface area (Å²) >= 11 is 0. The van der Waals surface area contributed by atoms with Gasteiger partial charge in [0, 0.05) is 37.9 Å². The second-order valence-corrected chi connectivity index (χ2v) is 6.11. The van der Waals surface area contributed by atoms with E-state index in [2.05, 4.69) is 0 Å². The van der Waals surface area contributed by atoms with Crippen LogP contribution in [0.5, 0.6) is 11.5 Å². The van der Waals surface area contributed by atoms with E-state index < -0.39 is 5.79 Å². The van der Waals surface area contributed by atoms with Crippen molar-refractivity contribution in [2.75, 3.05) is 39.5 Å². The third kappa shape index (κ3) is 2.88. The molecule has 4 rings (SSSR count). The lowest BCUT2D eigenvalue weighted by atomic mass is 10.0. The molecule has 0 saturated carbocycles. The van der Waals surface area contributed by atoms with Crippen molar-refractivity contribution in [3.8, 4) is 11.5 Å². The first kappa shape index (κ1) is 14.8. The number of hydrogen-bond acceptors (Lipinski definition) is 5. The Morgan fingerprint density at radius 2 is 1.65 bits per heavy atom. The molecule has 0 atom stereocenters. The number of likely N-dealkylation sites (tertiary alicyclic amines) is 1. The SMILES string of the molecule is O=C(c1ccc2c(c1)OCCCO2)N1CCC2(CC1)OCCO2. The Labute approximate surface area is 135 Å². The number of rotatable bonds is 1. The summed E-state index contributed by atoms with van der Waals surface area (Å²) in [6.07, 6.45) is 2.30. The number of hydrogen-bond donors (Lipinski definition) is 0. The van der Waals surface area contributed by atoms with E-state index in [4.69, 9.17) is 18.9 Å². The lowest BCUT2D eigenvalue weighted by molar-refractivity contribution is -0.181. The van der Waals surface area contributed by atoms with Crippen LogP contribution in [0.2, 0.25) is 0 Å². The van der Waals surface area contributed by atoms with Crippen LogP contribution >= 0.6 is 0 Å². The highest BCUT2D eigenvalue weighted by Gasteiger charge is 2.40. The molecule has 6 heteroatoms. The van der Waals surface area contributed by atoms with Crippen molar-refractivity contribution < 1.29 is 23.7 Å². The topological polar surface area (TPSA) is 57.2 Å². The Kier molecular flexibility index (Phi) is 3.87. The van der Waals surface area contributed by atoms with Crippen LogP contribution in [0.4, 0.5) is 0 Å². The average molecular weight is 319 g/mol. The fourth-order valence-corrected chi connectivity index (χ4v) is 3.32. The molecule has 1 amide bonds. The number of nitrogens with zero attached hydrogens (tertiary/aromatic N) is 1. The molecule has 0 unspecified atom stereocenters. The summed E-state index contributed by atoms with van der Waals surface area (Å²) in [6, 6.07) is 5.42. The van der Waals surface area contributed by atoms with Crippen molar-refractivity contribution in [1.82, 2.24) is 4.90 Å². The Balaban J connectivity index is 1.46. The summed E-state index contributed by atoms with van der Waals surface area (Å²) in [5.74, 6) is 0.934. The summed E-state index contributed by atoms with van der Waals surface area (Å²) in [4.78, 5) is 14.6. The van der Waals surface area contributed by atoms with Gasteiger partial charge in [-0.3, -0.25) is 4.79 Å². The van der Waals surface area contributed by atoms with Gasteiger partial charge in [-0.25, -0.2) is 0 Å². The molecule has 2 fully saturated rings. The highest BCUT2D eigenvalue weighted by molar-refractivity contribution is 5.95. The van der Waals surface area contributed by atoms with E-state index in [0.717, 1.165) is 19.3 Å². The van der Waals surface area contributed by atoms with Crippen LogP contribution in [0, 0.1) is 0 Å². The van der Waals surface area contributed by atoms with Gasteiger partial charge in [0.25, 0.3) is 5.91 Å². The molecular formula is C17H21NO5. The second-order valence-electron chi connectivity index (χ2n) is 6.11. The maximum absolute atomic E-state index is 12.7. The number of fused-ring (bicyclic) bond motifs is 1. The molecule has 1 spiro atoms. The van der Waals surface area contributed by atoms with Gasteiger partial charge in [-0.15, -0.1) is 0 Å². The molecule has 2 saturated heterocycles. The van der Waals surface area contributed by atoms with Crippen LogP contribution in [0.3, 0.4) is 0 Å². The van der Waals surface area contributed by atoms with Gasteiger partial charge in [-0.1, -0.05) is 0 Å². The largest absolute Gasteiger partial charge is 0.490 e. The zero-order chi connectivity index (χ0) is 15.7. The molecule has 3 heterocycles. The van der Waals surface area contributed by atoms with E-state index in [1.54, 1.807) is 6.07 Å². The molecule has 0 aromatic heterocycles. The first-order chi connectivity index (χ1) is 11.3. The van der Waals surface area contributed by atoms with Gasteiger partial charge < -0.3 is 23.8 Å². The molecule has 23 heavy (non-hydrogen) atoms. The molecular weight excluding hydrogens is 298 g/mol. The number of ether oxygens (including phenoxy) is 4. The third-order valence-corrected chi connectivity index (χ3v) is 4.62. The molecule has 0 bridgehead atoms. The average Bonchev–Trinajstić information content (AvgIpc) is 2.90. The predicted molar refractivity (Wildman–Crippen MR) is 81.8 cm³/mol.